The Morgan fingerprint density at radius 3 is 2.62 bits per heavy atom. The van der Waals surface area contributed by atoms with E-state index in [0.717, 1.165) is 38.4 Å². The molecule has 0 bridgehead atoms. The van der Waals surface area contributed by atoms with Crippen LogP contribution in [0, 0.1) is 0 Å². The Labute approximate surface area is 83.3 Å². The topological polar surface area (TPSA) is 32.3 Å². The highest BCUT2D eigenvalue weighted by Crippen LogP contribution is 2.05. The maximum atomic E-state index is 10.9. The van der Waals surface area contributed by atoms with E-state index in [1.807, 2.05) is 0 Å². The van der Waals surface area contributed by atoms with E-state index in [4.69, 9.17) is 0 Å². The SMILES string of the molecule is CC(CCS(C)=O)N1CCNCC1. The maximum Gasteiger partial charge on any atom is 0.0246 e. The molecule has 0 saturated carbocycles. The average Bonchev–Trinajstić information content (AvgIpc) is 2.15. The van der Waals surface area contributed by atoms with E-state index in [1.165, 1.54) is 0 Å². The Morgan fingerprint density at radius 2 is 2.08 bits per heavy atom. The highest BCUT2D eigenvalue weighted by molar-refractivity contribution is 7.84. The van der Waals surface area contributed by atoms with Gasteiger partial charge in [0.05, 0.1) is 0 Å². The Balaban J connectivity index is 2.20. The summed E-state index contributed by atoms with van der Waals surface area (Å²) in [6, 6.07) is 0.589. The maximum absolute atomic E-state index is 10.9. The van der Waals surface area contributed by atoms with Crippen LogP contribution >= 0.6 is 0 Å². The van der Waals surface area contributed by atoms with Crippen LogP contribution in [-0.2, 0) is 10.8 Å². The summed E-state index contributed by atoms with van der Waals surface area (Å²) in [7, 11) is -0.633. The third-order valence-corrected chi connectivity index (χ3v) is 3.41. The minimum absolute atomic E-state index is 0.589. The second kappa shape index (κ2) is 5.73. The second-order valence-electron chi connectivity index (χ2n) is 3.70. The molecular formula is C9H20N2OS. The lowest BCUT2D eigenvalue weighted by molar-refractivity contribution is 0.181. The summed E-state index contributed by atoms with van der Waals surface area (Å²) >= 11 is 0. The number of piperazine rings is 1. The first-order valence-electron chi connectivity index (χ1n) is 4.95. The van der Waals surface area contributed by atoms with Gasteiger partial charge >= 0.3 is 0 Å². The molecule has 1 fully saturated rings. The molecule has 2 atom stereocenters. The van der Waals surface area contributed by atoms with Gasteiger partial charge in [-0.05, 0) is 13.3 Å². The Kier molecular flexibility index (Phi) is 4.91. The van der Waals surface area contributed by atoms with Crippen LogP contribution in [0.3, 0.4) is 0 Å². The summed E-state index contributed by atoms with van der Waals surface area (Å²) in [6.07, 6.45) is 2.84. The molecule has 1 N–H and O–H groups in total. The van der Waals surface area contributed by atoms with Crippen molar-refractivity contribution in [3.8, 4) is 0 Å². The lowest BCUT2D eigenvalue weighted by atomic mass is 10.2. The summed E-state index contributed by atoms with van der Waals surface area (Å²) in [5.74, 6) is 0.838. The smallest absolute Gasteiger partial charge is 0.0246 e. The lowest BCUT2D eigenvalue weighted by Crippen LogP contribution is -2.47. The molecule has 4 heteroatoms. The fourth-order valence-electron chi connectivity index (χ4n) is 1.64. The van der Waals surface area contributed by atoms with Crippen LogP contribution in [0.15, 0.2) is 0 Å². The van der Waals surface area contributed by atoms with Gasteiger partial charge in [-0.25, -0.2) is 0 Å². The lowest BCUT2D eigenvalue weighted by Gasteiger charge is -2.32. The minimum Gasteiger partial charge on any atom is -0.314 e. The molecule has 0 aromatic carbocycles. The van der Waals surface area contributed by atoms with Gasteiger partial charge in [-0.15, -0.1) is 0 Å². The normalized spacial score (nSPS) is 24.2. The van der Waals surface area contributed by atoms with Gasteiger partial charge in [-0.2, -0.15) is 0 Å². The van der Waals surface area contributed by atoms with E-state index in [1.54, 1.807) is 6.26 Å². The van der Waals surface area contributed by atoms with Crippen molar-refractivity contribution >= 4 is 10.8 Å². The highest BCUT2D eigenvalue weighted by Gasteiger charge is 2.15. The summed E-state index contributed by atoms with van der Waals surface area (Å²) in [5.41, 5.74) is 0. The van der Waals surface area contributed by atoms with Gasteiger partial charge in [0.2, 0.25) is 0 Å². The van der Waals surface area contributed by atoms with E-state index in [2.05, 4.69) is 17.1 Å². The standard InChI is InChI=1S/C9H20N2OS/c1-9(3-8-13(2)12)11-6-4-10-5-7-11/h9-10H,3-8H2,1-2H3. The Bertz CT molecular complexity index is 169. The molecule has 1 aliphatic heterocycles. The first kappa shape index (κ1) is 11.1. The molecule has 2 unspecified atom stereocenters. The summed E-state index contributed by atoms with van der Waals surface area (Å²) < 4.78 is 10.9. The molecular weight excluding hydrogens is 184 g/mol. The van der Waals surface area contributed by atoms with Gasteiger partial charge in [0, 0.05) is 55.0 Å². The number of nitrogens with one attached hydrogen (secondary N) is 1. The summed E-state index contributed by atoms with van der Waals surface area (Å²) in [5, 5.41) is 3.33. The average molecular weight is 204 g/mol. The van der Waals surface area contributed by atoms with E-state index in [-0.39, 0.29) is 0 Å². The molecule has 1 aliphatic rings. The van der Waals surface area contributed by atoms with Gasteiger partial charge in [-0.1, -0.05) is 0 Å². The van der Waals surface area contributed by atoms with Crippen LogP contribution in [0.4, 0.5) is 0 Å². The number of nitrogens with zero attached hydrogens (tertiary/aromatic N) is 1. The van der Waals surface area contributed by atoms with Crippen molar-refractivity contribution in [3.05, 3.63) is 0 Å². The van der Waals surface area contributed by atoms with Crippen molar-refractivity contribution in [1.29, 1.82) is 0 Å². The van der Waals surface area contributed by atoms with Crippen LogP contribution in [-0.4, -0.2) is 53.3 Å². The van der Waals surface area contributed by atoms with E-state index >= 15 is 0 Å². The number of hydrogen-bond acceptors (Lipinski definition) is 3. The molecule has 0 spiro atoms. The van der Waals surface area contributed by atoms with Gasteiger partial charge in [0.25, 0.3) is 0 Å². The van der Waals surface area contributed by atoms with Crippen LogP contribution < -0.4 is 5.32 Å². The predicted molar refractivity (Wildman–Crippen MR) is 57.5 cm³/mol. The van der Waals surface area contributed by atoms with Crippen molar-refractivity contribution in [2.45, 2.75) is 19.4 Å². The van der Waals surface area contributed by atoms with Gasteiger partial charge in [0.15, 0.2) is 0 Å². The zero-order valence-corrected chi connectivity index (χ0v) is 9.40. The zero-order valence-electron chi connectivity index (χ0n) is 8.58. The van der Waals surface area contributed by atoms with Crippen LogP contribution in [0.25, 0.3) is 0 Å². The molecule has 0 amide bonds. The van der Waals surface area contributed by atoms with Gasteiger partial charge < -0.3 is 5.32 Å². The predicted octanol–water partition coefficient (Wildman–Crippen LogP) is 0.0487. The van der Waals surface area contributed by atoms with Crippen molar-refractivity contribution < 1.29 is 4.21 Å². The molecule has 0 aliphatic carbocycles. The quantitative estimate of drug-likeness (QED) is 0.702. The summed E-state index contributed by atoms with van der Waals surface area (Å²) in [4.78, 5) is 2.48. The third kappa shape index (κ3) is 4.20. The third-order valence-electron chi connectivity index (χ3n) is 2.60. The number of hydrogen-bond donors (Lipinski definition) is 1. The monoisotopic (exact) mass is 204 g/mol. The van der Waals surface area contributed by atoms with Crippen LogP contribution in [0.1, 0.15) is 13.3 Å². The van der Waals surface area contributed by atoms with E-state index in [0.29, 0.717) is 6.04 Å². The largest absolute Gasteiger partial charge is 0.314 e. The zero-order chi connectivity index (χ0) is 9.68. The molecule has 78 valence electrons. The first-order chi connectivity index (χ1) is 6.20. The fourth-order valence-corrected chi connectivity index (χ4v) is 2.32. The first-order valence-corrected chi connectivity index (χ1v) is 6.67. The molecule has 0 radical (unpaired) electrons. The second-order valence-corrected chi connectivity index (χ2v) is 5.26. The van der Waals surface area contributed by atoms with E-state index in [9.17, 15) is 4.21 Å². The molecule has 1 saturated heterocycles. The highest BCUT2D eigenvalue weighted by atomic mass is 32.2. The Hall–Kier alpha value is 0.0700. The summed E-state index contributed by atoms with van der Waals surface area (Å²) in [6.45, 7) is 6.70. The molecule has 3 nitrogen and oxygen atoms in total. The van der Waals surface area contributed by atoms with E-state index < -0.39 is 10.8 Å². The van der Waals surface area contributed by atoms with Crippen molar-refractivity contribution in [2.75, 3.05) is 38.2 Å². The minimum atomic E-state index is -0.633. The molecule has 0 aromatic heterocycles. The van der Waals surface area contributed by atoms with Crippen molar-refractivity contribution in [2.24, 2.45) is 0 Å². The molecule has 13 heavy (non-hydrogen) atoms. The van der Waals surface area contributed by atoms with Gasteiger partial charge in [0.1, 0.15) is 0 Å². The molecule has 0 aromatic rings. The van der Waals surface area contributed by atoms with Gasteiger partial charge in [-0.3, -0.25) is 9.11 Å². The molecule has 1 heterocycles. The van der Waals surface area contributed by atoms with Crippen LogP contribution in [0.5, 0.6) is 0 Å². The number of rotatable bonds is 4. The Morgan fingerprint density at radius 1 is 1.46 bits per heavy atom. The van der Waals surface area contributed by atoms with Crippen molar-refractivity contribution in [1.82, 2.24) is 10.2 Å². The molecule has 1 rings (SSSR count). The van der Waals surface area contributed by atoms with Crippen LogP contribution in [0.2, 0.25) is 0 Å². The fraction of sp³-hybridized carbons (Fsp3) is 1.00. The van der Waals surface area contributed by atoms with Crippen molar-refractivity contribution in [3.63, 3.8) is 0 Å².